The molecule has 1 heterocycles. The molecule has 0 amide bonds. The molecule has 0 bridgehead atoms. The highest BCUT2D eigenvalue weighted by Gasteiger charge is 2.03. The molecular weight excluding hydrogens is 207 g/mol. The molecule has 0 fully saturated rings. The second kappa shape index (κ2) is 5.02. The van der Waals surface area contributed by atoms with Gasteiger partial charge in [0.2, 0.25) is 5.69 Å². The van der Waals surface area contributed by atoms with Crippen molar-refractivity contribution in [2.24, 2.45) is 0 Å². The Bertz CT molecular complexity index is 385. The van der Waals surface area contributed by atoms with E-state index in [1.807, 2.05) is 24.4 Å². The molecule has 0 radical (unpaired) electrons. The molecule has 0 aliphatic rings. The van der Waals surface area contributed by atoms with Gasteiger partial charge in [-0.2, -0.15) is 0 Å². The van der Waals surface area contributed by atoms with Crippen molar-refractivity contribution >= 4 is 16.6 Å². The van der Waals surface area contributed by atoms with Crippen molar-refractivity contribution in [3.63, 3.8) is 0 Å². The molecule has 0 spiro atoms. The topological polar surface area (TPSA) is 41.8 Å². The standard InChI is InChI=1S/C9H8N2.2ClH/c10-8-5-1-3-7-4-2-6-11-9(7)8;;/h1-6H,10H2;2*1H. The van der Waals surface area contributed by atoms with Gasteiger partial charge in [0.05, 0.1) is 5.39 Å². The van der Waals surface area contributed by atoms with Gasteiger partial charge in [-0.05, 0) is 12.1 Å². The molecule has 70 valence electrons. The number of hydrogen-bond donors (Lipinski definition) is 1. The first-order valence-corrected chi connectivity index (χ1v) is 3.59. The van der Waals surface area contributed by atoms with Crippen LogP contribution in [-0.4, -0.2) is 0 Å². The summed E-state index contributed by atoms with van der Waals surface area (Å²) in [6, 6.07) is 10.1. The van der Waals surface area contributed by atoms with E-state index in [4.69, 9.17) is 0 Å². The van der Waals surface area contributed by atoms with E-state index < -0.39 is 0 Å². The Hall–Kier alpha value is -0.830. The number of benzene rings is 1. The highest BCUT2D eigenvalue weighted by Crippen LogP contribution is 2.12. The maximum absolute atomic E-state index is 3.92. The first-order valence-electron chi connectivity index (χ1n) is 3.59. The minimum absolute atomic E-state index is 0. The number of pyridine rings is 1. The Balaban J connectivity index is 0.000000720. The smallest absolute Gasteiger partial charge is 0.271 e. The van der Waals surface area contributed by atoms with Gasteiger partial charge in [-0.25, -0.2) is 4.98 Å². The van der Waals surface area contributed by atoms with Gasteiger partial charge in [-0.15, -0.1) is 0 Å². The summed E-state index contributed by atoms with van der Waals surface area (Å²) in [6.07, 6.45) is 1.91. The predicted molar refractivity (Wildman–Crippen MR) is 43.1 cm³/mol. The van der Waals surface area contributed by atoms with Crippen molar-refractivity contribution in [1.29, 1.82) is 0 Å². The molecular formula is C9H10Cl2N2. The molecule has 1 aromatic heterocycles. The Morgan fingerprint density at radius 1 is 1.00 bits per heavy atom. The molecule has 0 aliphatic heterocycles. The summed E-state index contributed by atoms with van der Waals surface area (Å²) in [5.41, 5.74) is 6.08. The lowest BCUT2D eigenvalue weighted by Crippen LogP contribution is -3.00. The Labute approximate surface area is 89.0 Å². The summed E-state index contributed by atoms with van der Waals surface area (Å²) in [4.78, 5) is 3.16. The highest BCUT2D eigenvalue weighted by atomic mass is 35.5. The second-order valence-electron chi connectivity index (χ2n) is 2.55. The number of aromatic nitrogens is 1. The van der Waals surface area contributed by atoms with Crippen LogP contribution in [0.2, 0.25) is 0 Å². The van der Waals surface area contributed by atoms with Crippen molar-refractivity contribution in [2.75, 3.05) is 0 Å². The van der Waals surface area contributed by atoms with Crippen LogP contribution in [0.15, 0.2) is 36.5 Å². The van der Waals surface area contributed by atoms with Gasteiger partial charge in [0.1, 0.15) is 0 Å². The predicted octanol–water partition coefficient (Wildman–Crippen LogP) is -5.46. The van der Waals surface area contributed by atoms with E-state index in [1.54, 1.807) is 0 Å². The zero-order chi connectivity index (χ0) is 7.68. The van der Waals surface area contributed by atoms with Crippen LogP contribution < -0.4 is 35.5 Å². The second-order valence-corrected chi connectivity index (χ2v) is 2.55. The third kappa shape index (κ3) is 2.31. The van der Waals surface area contributed by atoms with Crippen molar-refractivity contribution in [2.45, 2.75) is 0 Å². The van der Waals surface area contributed by atoms with E-state index >= 15 is 0 Å². The maximum atomic E-state index is 3.92. The van der Waals surface area contributed by atoms with E-state index in [0.717, 1.165) is 11.2 Å². The van der Waals surface area contributed by atoms with Crippen LogP contribution in [-0.2, 0) is 0 Å². The van der Waals surface area contributed by atoms with E-state index in [0.29, 0.717) is 0 Å². The highest BCUT2D eigenvalue weighted by molar-refractivity contribution is 5.83. The Morgan fingerprint density at radius 2 is 1.69 bits per heavy atom. The lowest BCUT2D eigenvalue weighted by Gasteiger charge is -1.89. The van der Waals surface area contributed by atoms with Crippen LogP contribution in [0.4, 0.5) is 5.69 Å². The molecule has 2 rings (SSSR count). The Kier molecular flexibility index (Phi) is 4.70. The number of fused-ring (bicyclic) bond motifs is 1. The minimum atomic E-state index is 0. The van der Waals surface area contributed by atoms with Crippen molar-refractivity contribution in [3.05, 3.63) is 36.5 Å². The molecule has 1 aromatic carbocycles. The number of hydrogen-bond acceptors (Lipinski definition) is 0. The minimum Gasteiger partial charge on any atom is -1.00 e. The SMILES string of the molecule is [Cl-].[Cl-].[NH3+]c1cccc2ccc[nH+]c12. The third-order valence-electron chi connectivity index (χ3n) is 1.78. The first-order chi connectivity index (χ1) is 5.38. The average molecular weight is 217 g/mol. The number of H-pyrrole nitrogens is 1. The fourth-order valence-electron chi connectivity index (χ4n) is 1.22. The van der Waals surface area contributed by atoms with E-state index in [-0.39, 0.29) is 24.8 Å². The maximum Gasteiger partial charge on any atom is 0.271 e. The molecule has 2 nitrogen and oxygen atoms in total. The number of quaternary nitrogens is 1. The zero-order valence-electron chi connectivity index (χ0n) is 6.93. The van der Waals surface area contributed by atoms with Crippen LogP contribution in [0.5, 0.6) is 0 Å². The number of nitrogens with one attached hydrogen (secondary N) is 1. The van der Waals surface area contributed by atoms with Crippen LogP contribution in [0, 0.1) is 0 Å². The fourth-order valence-corrected chi connectivity index (χ4v) is 1.22. The number of aromatic amines is 1. The van der Waals surface area contributed by atoms with Crippen molar-refractivity contribution < 1.29 is 35.5 Å². The summed E-state index contributed by atoms with van der Waals surface area (Å²) in [6.45, 7) is 0. The average Bonchev–Trinajstić information content (AvgIpc) is 2.06. The molecule has 0 saturated carbocycles. The van der Waals surface area contributed by atoms with E-state index in [2.05, 4.69) is 22.9 Å². The van der Waals surface area contributed by atoms with Gasteiger partial charge in [0.15, 0.2) is 6.20 Å². The molecule has 0 unspecified atom stereocenters. The number of para-hydroxylation sites is 1. The van der Waals surface area contributed by atoms with Gasteiger partial charge < -0.3 is 30.5 Å². The summed E-state index contributed by atoms with van der Waals surface area (Å²) >= 11 is 0. The van der Waals surface area contributed by atoms with Crippen LogP contribution in [0.1, 0.15) is 0 Å². The molecule has 13 heavy (non-hydrogen) atoms. The molecule has 0 atom stereocenters. The monoisotopic (exact) mass is 216 g/mol. The lowest BCUT2D eigenvalue weighted by atomic mass is 10.2. The molecule has 4 heteroatoms. The third-order valence-corrected chi connectivity index (χ3v) is 1.78. The first kappa shape index (κ1) is 12.2. The van der Waals surface area contributed by atoms with Crippen molar-refractivity contribution in [3.8, 4) is 0 Å². The quantitative estimate of drug-likeness (QED) is 0.457. The van der Waals surface area contributed by atoms with E-state index in [9.17, 15) is 0 Å². The van der Waals surface area contributed by atoms with E-state index in [1.165, 1.54) is 5.39 Å². The zero-order valence-corrected chi connectivity index (χ0v) is 8.44. The van der Waals surface area contributed by atoms with Gasteiger partial charge >= 0.3 is 0 Å². The molecule has 2 aromatic rings. The molecule has 4 N–H and O–H groups in total. The van der Waals surface area contributed by atoms with Gasteiger partial charge in [0.25, 0.3) is 5.52 Å². The van der Waals surface area contributed by atoms with Gasteiger partial charge in [-0.1, -0.05) is 6.07 Å². The largest absolute Gasteiger partial charge is 1.00 e. The number of halogens is 2. The van der Waals surface area contributed by atoms with Crippen molar-refractivity contribution in [1.82, 2.24) is 0 Å². The summed E-state index contributed by atoms with van der Waals surface area (Å²) in [7, 11) is 0. The molecule has 0 aliphatic carbocycles. The number of rotatable bonds is 0. The summed E-state index contributed by atoms with van der Waals surface area (Å²) in [5, 5.41) is 1.21. The lowest BCUT2D eigenvalue weighted by molar-refractivity contribution is -0.354. The fraction of sp³-hybridized carbons (Fsp3) is 0. The van der Waals surface area contributed by atoms with Crippen LogP contribution in [0.3, 0.4) is 0 Å². The summed E-state index contributed by atoms with van der Waals surface area (Å²) < 4.78 is 0. The van der Waals surface area contributed by atoms with Crippen LogP contribution in [0.25, 0.3) is 10.9 Å². The normalized spacial score (nSPS) is 8.69. The van der Waals surface area contributed by atoms with Gasteiger partial charge in [-0.3, -0.25) is 0 Å². The van der Waals surface area contributed by atoms with Gasteiger partial charge in [0, 0.05) is 12.1 Å². The summed E-state index contributed by atoms with van der Waals surface area (Å²) in [5.74, 6) is 0. The van der Waals surface area contributed by atoms with Crippen LogP contribution >= 0.6 is 0 Å². The Morgan fingerprint density at radius 3 is 2.38 bits per heavy atom. The molecule has 0 saturated heterocycles.